The van der Waals surface area contributed by atoms with Crippen molar-refractivity contribution in [2.75, 3.05) is 19.8 Å². The molecule has 388 valence electrons. The Morgan fingerprint density at radius 1 is 0.701 bits per heavy atom. The van der Waals surface area contributed by atoms with Crippen LogP contribution in [-0.2, 0) is 28.4 Å². The molecule has 6 fully saturated rings. The highest BCUT2D eigenvalue weighted by molar-refractivity contribution is 5.31. The van der Waals surface area contributed by atoms with Crippen LogP contribution < -0.4 is 0 Å². The molecular weight excluding hydrogens is 877 g/mol. The zero-order chi connectivity index (χ0) is 49.5. The molecule has 0 aromatic carbocycles. The summed E-state index contributed by atoms with van der Waals surface area (Å²) in [7, 11) is 0. The lowest BCUT2D eigenvalue weighted by molar-refractivity contribution is -0.380. The second kappa shape index (κ2) is 19.8. The first-order valence-corrected chi connectivity index (χ1v) is 24.8. The standard InChI is InChI=1S/C49H84O18/c1-22(24-16-17-47(7)30-13-11-25-26(12-14-31(52)45(25,3)4)49(30,9)32(53)18-48(24,47)8)10-15-33(46(5,6)61)66-44-41(67-43-40(60)38(58)36(56)28(20-51)64-43)39(59)37(57)29(65-44)21-62-42-35(55)23(2)34(54)27(19-50)63-42/h11,22-24,26-44,50-61H,10,12-21H2,1-9H3/t22-,23+,24?,26?,27-,28+,29-,30?,31+,32-,33-,34+,35-,36+,37-,38-,39+,40+,41-,42-,43-,44+,47+,48-,49+/m1/s1. The third kappa shape index (κ3) is 9.26. The molecule has 3 unspecified atom stereocenters. The Morgan fingerprint density at radius 3 is 1.96 bits per heavy atom. The molecule has 7 aliphatic rings. The van der Waals surface area contributed by atoms with Gasteiger partial charge in [0, 0.05) is 16.7 Å². The van der Waals surface area contributed by atoms with Crippen molar-refractivity contribution >= 4 is 0 Å². The highest BCUT2D eigenvalue weighted by Gasteiger charge is 2.70. The van der Waals surface area contributed by atoms with Crippen molar-refractivity contribution in [3.05, 3.63) is 11.6 Å². The summed E-state index contributed by atoms with van der Waals surface area (Å²) in [6.07, 6.45) is -15.4. The number of rotatable bonds is 14. The van der Waals surface area contributed by atoms with E-state index in [0.29, 0.717) is 25.7 Å². The molecule has 0 bridgehead atoms. The van der Waals surface area contributed by atoms with Gasteiger partial charge in [0.05, 0.1) is 49.8 Å². The molecule has 18 nitrogen and oxygen atoms in total. The zero-order valence-electron chi connectivity index (χ0n) is 40.9. The molecule has 3 heterocycles. The fourth-order valence-corrected chi connectivity index (χ4v) is 14.3. The lowest BCUT2D eigenvalue weighted by Gasteiger charge is -2.67. The number of ether oxygens (including phenoxy) is 6. The summed E-state index contributed by atoms with van der Waals surface area (Å²) >= 11 is 0. The van der Waals surface area contributed by atoms with Gasteiger partial charge in [0.1, 0.15) is 61.0 Å². The van der Waals surface area contributed by atoms with Gasteiger partial charge in [-0.15, -0.1) is 0 Å². The van der Waals surface area contributed by atoms with Crippen LogP contribution in [0, 0.1) is 51.2 Å². The Kier molecular flexibility index (Phi) is 15.9. The Bertz CT molecular complexity index is 1710. The van der Waals surface area contributed by atoms with Crippen LogP contribution in [-0.4, -0.2) is 191 Å². The van der Waals surface area contributed by atoms with Crippen molar-refractivity contribution in [2.45, 2.75) is 224 Å². The molecule has 0 aromatic rings. The molecule has 7 rings (SSSR count). The molecule has 0 aromatic heterocycles. The van der Waals surface area contributed by atoms with Crippen molar-refractivity contribution in [1.29, 1.82) is 0 Å². The van der Waals surface area contributed by atoms with Crippen LogP contribution in [0.25, 0.3) is 0 Å². The van der Waals surface area contributed by atoms with Gasteiger partial charge in [0.2, 0.25) is 0 Å². The van der Waals surface area contributed by atoms with E-state index in [9.17, 15) is 61.3 Å². The SMILES string of the molecule is C[C@@H]1[C@@H](O)[C@H](OC[C@H]2O[C@@H](O[C@H](CC[C@@H](C)C3CC[C@@]4(C)C5CC=C6C(CC[C@H](O)C6(C)C)[C@]5(C)[C@H](O)C[C@]34C)C(C)(C)O)[C@H](O[C@H]3O[C@@H](CO)[C@H](O)[C@@H](O)[C@@H]3O)[C@@H](O)[C@@H]2O)O[C@H](CO)[C@H]1O. The molecule has 3 saturated heterocycles. The first-order chi connectivity index (χ1) is 31.2. The third-order valence-corrected chi connectivity index (χ3v) is 19.1. The lowest BCUT2D eigenvalue weighted by atomic mass is 9.38. The Labute approximate surface area is 395 Å². The maximum atomic E-state index is 12.4. The second-order valence-corrected chi connectivity index (χ2v) is 23.4. The summed E-state index contributed by atoms with van der Waals surface area (Å²) in [5, 5.41) is 131. The normalized spacial score (nSPS) is 51.0. The molecule has 3 aliphatic heterocycles. The molecule has 25 atom stereocenters. The predicted molar refractivity (Wildman–Crippen MR) is 238 cm³/mol. The molecule has 4 aliphatic carbocycles. The summed E-state index contributed by atoms with van der Waals surface area (Å²) in [4.78, 5) is 0. The van der Waals surface area contributed by atoms with Gasteiger partial charge < -0.3 is 89.7 Å². The Morgan fingerprint density at radius 2 is 1.31 bits per heavy atom. The maximum absolute atomic E-state index is 12.4. The van der Waals surface area contributed by atoms with Gasteiger partial charge in [-0.3, -0.25) is 0 Å². The number of aliphatic hydroxyl groups excluding tert-OH is 11. The highest BCUT2D eigenvalue weighted by Crippen LogP contribution is 2.75. The second-order valence-electron chi connectivity index (χ2n) is 23.4. The summed E-state index contributed by atoms with van der Waals surface area (Å²) in [5.74, 6) is -0.0231. The molecule has 3 saturated carbocycles. The Hall–Kier alpha value is -0.980. The molecular formula is C49H84O18. The fraction of sp³-hybridized carbons (Fsp3) is 0.959. The summed E-state index contributed by atoms with van der Waals surface area (Å²) < 4.78 is 35.9. The highest BCUT2D eigenvalue weighted by atomic mass is 16.8. The van der Waals surface area contributed by atoms with Crippen molar-refractivity contribution in [3.63, 3.8) is 0 Å². The van der Waals surface area contributed by atoms with E-state index in [1.807, 2.05) is 0 Å². The summed E-state index contributed by atoms with van der Waals surface area (Å²) in [6, 6.07) is 0. The van der Waals surface area contributed by atoms with Crippen molar-refractivity contribution in [2.24, 2.45) is 51.2 Å². The molecule has 0 radical (unpaired) electrons. The van der Waals surface area contributed by atoms with Crippen molar-refractivity contribution in [3.8, 4) is 0 Å². The molecule has 18 heteroatoms. The van der Waals surface area contributed by atoms with Gasteiger partial charge in [-0.05, 0) is 99.7 Å². The minimum atomic E-state index is -1.87. The van der Waals surface area contributed by atoms with Crippen molar-refractivity contribution < 1.29 is 89.7 Å². The van der Waals surface area contributed by atoms with Gasteiger partial charge in [0.15, 0.2) is 18.9 Å². The fourth-order valence-electron chi connectivity index (χ4n) is 14.3. The first kappa shape index (κ1) is 53.8. The van der Waals surface area contributed by atoms with E-state index in [2.05, 4.69) is 47.6 Å². The van der Waals surface area contributed by atoms with E-state index in [0.717, 1.165) is 25.7 Å². The Balaban J connectivity index is 1.10. The first-order valence-electron chi connectivity index (χ1n) is 24.8. The van der Waals surface area contributed by atoms with Gasteiger partial charge >= 0.3 is 0 Å². The van der Waals surface area contributed by atoms with Gasteiger partial charge in [-0.1, -0.05) is 60.1 Å². The minimum absolute atomic E-state index is 0.0805. The van der Waals surface area contributed by atoms with Crippen molar-refractivity contribution in [1.82, 2.24) is 0 Å². The third-order valence-electron chi connectivity index (χ3n) is 19.1. The largest absolute Gasteiger partial charge is 0.394 e. The summed E-state index contributed by atoms with van der Waals surface area (Å²) in [5.41, 5.74) is -1.23. The quantitative estimate of drug-likeness (QED) is 0.104. The smallest absolute Gasteiger partial charge is 0.187 e. The molecule has 12 N–H and O–H groups in total. The van der Waals surface area contributed by atoms with Gasteiger partial charge in [-0.25, -0.2) is 0 Å². The van der Waals surface area contributed by atoms with Crippen LogP contribution >= 0.6 is 0 Å². The van der Waals surface area contributed by atoms with Crippen LogP contribution in [0.15, 0.2) is 11.6 Å². The van der Waals surface area contributed by atoms with Crippen LogP contribution in [0.4, 0.5) is 0 Å². The monoisotopic (exact) mass is 961 g/mol. The van der Waals surface area contributed by atoms with E-state index in [4.69, 9.17) is 28.4 Å². The average Bonchev–Trinajstić information content (AvgIpc) is 3.54. The van der Waals surface area contributed by atoms with E-state index in [1.165, 1.54) is 5.57 Å². The van der Waals surface area contributed by atoms with Gasteiger partial charge in [-0.2, -0.15) is 0 Å². The van der Waals surface area contributed by atoms with Crippen LogP contribution in [0.2, 0.25) is 0 Å². The van der Waals surface area contributed by atoms with E-state index in [-0.39, 0.29) is 45.3 Å². The maximum Gasteiger partial charge on any atom is 0.187 e. The number of fused-ring (bicyclic) bond motifs is 5. The molecule has 67 heavy (non-hydrogen) atoms. The lowest BCUT2D eigenvalue weighted by Crippen LogP contribution is -2.65. The zero-order valence-corrected chi connectivity index (χ0v) is 40.9. The van der Waals surface area contributed by atoms with E-state index < -0.39 is 136 Å². The van der Waals surface area contributed by atoms with Crippen LogP contribution in [0.5, 0.6) is 0 Å². The average molecular weight is 961 g/mol. The number of hydrogen-bond donors (Lipinski definition) is 12. The molecule has 0 amide bonds. The van der Waals surface area contributed by atoms with Gasteiger partial charge in [0.25, 0.3) is 0 Å². The number of allylic oxidation sites excluding steroid dienone is 1. The topological polar surface area (TPSA) is 298 Å². The number of hydrogen-bond acceptors (Lipinski definition) is 18. The predicted octanol–water partition coefficient (Wildman–Crippen LogP) is 0.219. The molecule has 0 spiro atoms. The van der Waals surface area contributed by atoms with E-state index >= 15 is 0 Å². The minimum Gasteiger partial charge on any atom is -0.394 e. The van der Waals surface area contributed by atoms with E-state index in [1.54, 1.807) is 20.8 Å². The van der Waals surface area contributed by atoms with Crippen LogP contribution in [0.1, 0.15) is 114 Å². The summed E-state index contributed by atoms with van der Waals surface area (Å²) in [6.45, 7) is 16.4. The van der Waals surface area contributed by atoms with Crippen LogP contribution in [0.3, 0.4) is 0 Å². The number of aliphatic hydroxyl groups is 12.